The van der Waals surface area contributed by atoms with Crippen molar-refractivity contribution in [2.75, 3.05) is 0 Å². The van der Waals surface area contributed by atoms with E-state index in [0.717, 1.165) is 11.3 Å². The van der Waals surface area contributed by atoms with Crippen molar-refractivity contribution in [3.8, 4) is 0 Å². The van der Waals surface area contributed by atoms with Crippen LogP contribution in [0.2, 0.25) is 0 Å². The average molecular weight is 267 g/mol. The van der Waals surface area contributed by atoms with E-state index in [1.54, 1.807) is 6.07 Å². The molecular weight excluding hydrogens is 253 g/mol. The molecule has 1 heterocycles. The van der Waals surface area contributed by atoms with E-state index in [1.165, 1.54) is 23.9 Å². The molecule has 2 aromatic rings. The van der Waals surface area contributed by atoms with Crippen LogP contribution in [0.3, 0.4) is 0 Å². The van der Waals surface area contributed by atoms with Gasteiger partial charge >= 0.3 is 0 Å². The predicted octanol–water partition coefficient (Wildman–Crippen LogP) is 2.91. The molecule has 0 aliphatic carbocycles. The number of halogens is 1. The van der Waals surface area contributed by atoms with Crippen LogP contribution in [0.1, 0.15) is 31.1 Å². The number of nitrogens with two attached hydrogens (primary N) is 1. The summed E-state index contributed by atoms with van der Waals surface area (Å²) in [5, 5.41) is 3.84. The summed E-state index contributed by atoms with van der Waals surface area (Å²) < 4.78 is 18.0. The molecule has 0 spiro atoms. The first kappa shape index (κ1) is 13.0. The maximum absolute atomic E-state index is 13.0. The van der Waals surface area contributed by atoms with E-state index in [1.807, 2.05) is 13.0 Å². The Morgan fingerprint density at radius 2 is 2.33 bits per heavy atom. The fraction of sp³-hybridized carbons (Fsp3) is 0.333. The molecule has 2 rings (SSSR count). The summed E-state index contributed by atoms with van der Waals surface area (Å²) in [5.74, 6) is 1.31. The Bertz CT molecular complexity index is 518. The normalized spacial score (nSPS) is 12.6. The summed E-state index contributed by atoms with van der Waals surface area (Å²) >= 11 is 1.45. The van der Waals surface area contributed by atoms with Gasteiger partial charge in [0.05, 0.1) is 11.8 Å². The predicted molar refractivity (Wildman–Crippen MR) is 67.5 cm³/mol. The highest BCUT2D eigenvalue weighted by Crippen LogP contribution is 2.22. The summed E-state index contributed by atoms with van der Waals surface area (Å²) in [6, 6.07) is 6.18. The minimum atomic E-state index is -0.248. The summed E-state index contributed by atoms with van der Waals surface area (Å²) in [6.07, 6.45) is 0.749. The molecule has 0 fully saturated rings. The molecule has 0 unspecified atom stereocenters. The number of thioether (sulfide) groups is 1. The second-order valence-corrected chi connectivity index (χ2v) is 4.86. The second-order valence-electron chi connectivity index (χ2n) is 3.81. The molecular formula is C12H14FN3OS. The molecule has 96 valence electrons. The summed E-state index contributed by atoms with van der Waals surface area (Å²) in [7, 11) is 0. The molecule has 1 aromatic heterocycles. The average Bonchev–Trinajstić information content (AvgIpc) is 2.84. The summed E-state index contributed by atoms with van der Waals surface area (Å²) in [6.45, 7) is 1.95. The molecule has 0 saturated carbocycles. The fourth-order valence-electron chi connectivity index (χ4n) is 1.36. The van der Waals surface area contributed by atoms with Crippen LogP contribution < -0.4 is 5.73 Å². The molecule has 18 heavy (non-hydrogen) atoms. The standard InChI is InChI=1S/C12H14FN3OS/c1-2-10(14)12-15-11(16-17-12)7-18-9-5-3-4-8(13)6-9/h3-6,10H,2,7,14H2,1H3/t10-/m0/s1. The highest BCUT2D eigenvalue weighted by Gasteiger charge is 2.12. The van der Waals surface area contributed by atoms with Crippen LogP contribution in [0, 0.1) is 5.82 Å². The van der Waals surface area contributed by atoms with Gasteiger partial charge in [-0.1, -0.05) is 18.1 Å². The maximum Gasteiger partial charge on any atom is 0.243 e. The second kappa shape index (κ2) is 5.97. The Labute approximate surface area is 109 Å². The molecule has 0 saturated heterocycles. The van der Waals surface area contributed by atoms with E-state index in [9.17, 15) is 4.39 Å². The van der Waals surface area contributed by atoms with Crippen molar-refractivity contribution in [2.45, 2.75) is 30.0 Å². The number of hydrogen-bond acceptors (Lipinski definition) is 5. The minimum Gasteiger partial charge on any atom is -0.338 e. The molecule has 1 atom stereocenters. The van der Waals surface area contributed by atoms with Gasteiger partial charge in [-0.2, -0.15) is 4.98 Å². The number of aromatic nitrogens is 2. The third kappa shape index (κ3) is 3.30. The Morgan fingerprint density at radius 1 is 1.50 bits per heavy atom. The highest BCUT2D eigenvalue weighted by atomic mass is 32.2. The van der Waals surface area contributed by atoms with Gasteiger partial charge in [0, 0.05) is 4.90 Å². The number of nitrogens with zero attached hydrogens (tertiary/aromatic N) is 2. The topological polar surface area (TPSA) is 64.9 Å². The van der Waals surface area contributed by atoms with Gasteiger partial charge in [0.25, 0.3) is 0 Å². The lowest BCUT2D eigenvalue weighted by atomic mass is 10.2. The zero-order chi connectivity index (χ0) is 13.0. The van der Waals surface area contributed by atoms with E-state index in [2.05, 4.69) is 10.1 Å². The van der Waals surface area contributed by atoms with Gasteiger partial charge in [-0.3, -0.25) is 0 Å². The van der Waals surface area contributed by atoms with Crippen LogP contribution in [0.15, 0.2) is 33.7 Å². The van der Waals surface area contributed by atoms with Crippen molar-refractivity contribution >= 4 is 11.8 Å². The lowest BCUT2D eigenvalue weighted by molar-refractivity contribution is 0.349. The molecule has 0 aliphatic heterocycles. The van der Waals surface area contributed by atoms with Crippen LogP contribution in [-0.2, 0) is 5.75 Å². The minimum absolute atomic E-state index is 0.217. The quantitative estimate of drug-likeness (QED) is 0.844. The first-order chi connectivity index (χ1) is 8.69. The summed E-state index contributed by atoms with van der Waals surface area (Å²) in [5.41, 5.74) is 5.78. The SMILES string of the molecule is CC[C@H](N)c1nc(CSc2cccc(F)c2)no1. The van der Waals surface area contributed by atoms with E-state index < -0.39 is 0 Å². The van der Waals surface area contributed by atoms with E-state index >= 15 is 0 Å². The molecule has 2 N–H and O–H groups in total. The third-order valence-corrected chi connectivity index (χ3v) is 3.39. The third-order valence-electron chi connectivity index (χ3n) is 2.40. The lowest BCUT2D eigenvalue weighted by Gasteiger charge is -1.99. The molecule has 6 heteroatoms. The van der Waals surface area contributed by atoms with Crippen LogP contribution in [0.5, 0.6) is 0 Å². The summed E-state index contributed by atoms with van der Waals surface area (Å²) in [4.78, 5) is 5.04. The Kier molecular flexibility index (Phi) is 4.33. The first-order valence-corrected chi connectivity index (χ1v) is 6.64. The van der Waals surface area contributed by atoms with Gasteiger partial charge in [-0.25, -0.2) is 4.39 Å². The Morgan fingerprint density at radius 3 is 3.06 bits per heavy atom. The van der Waals surface area contributed by atoms with Crippen molar-refractivity contribution in [1.29, 1.82) is 0 Å². The van der Waals surface area contributed by atoms with E-state index in [4.69, 9.17) is 10.3 Å². The van der Waals surface area contributed by atoms with Gasteiger partial charge in [0.2, 0.25) is 5.89 Å². The molecule has 4 nitrogen and oxygen atoms in total. The molecule has 0 amide bonds. The van der Waals surface area contributed by atoms with Gasteiger partial charge in [-0.05, 0) is 24.6 Å². The molecule has 0 bridgehead atoms. The first-order valence-electron chi connectivity index (χ1n) is 5.65. The van der Waals surface area contributed by atoms with Crippen LogP contribution in [0.4, 0.5) is 4.39 Å². The van der Waals surface area contributed by atoms with Crippen molar-refractivity contribution in [1.82, 2.24) is 10.1 Å². The van der Waals surface area contributed by atoms with E-state index in [0.29, 0.717) is 17.5 Å². The lowest BCUT2D eigenvalue weighted by Crippen LogP contribution is -2.08. The monoisotopic (exact) mass is 267 g/mol. The van der Waals surface area contributed by atoms with Crippen molar-refractivity contribution in [2.24, 2.45) is 5.73 Å². The number of hydrogen-bond donors (Lipinski definition) is 1. The van der Waals surface area contributed by atoms with Crippen molar-refractivity contribution < 1.29 is 8.91 Å². The zero-order valence-corrected chi connectivity index (χ0v) is 10.8. The van der Waals surface area contributed by atoms with Crippen LogP contribution in [0.25, 0.3) is 0 Å². The van der Waals surface area contributed by atoms with Crippen LogP contribution >= 0.6 is 11.8 Å². The van der Waals surface area contributed by atoms with Gasteiger partial charge < -0.3 is 10.3 Å². The maximum atomic E-state index is 13.0. The van der Waals surface area contributed by atoms with Gasteiger partial charge in [0.15, 0.2) is 5.82 Å². The molecule has 1 aromatic carbocycles. The fourth-order valence-corrected chi connectivity index (χ4v) is 2.14. The zero-order valence-electron chi connectivity index (χ0n) is 9.97. The highest BCUT2D eigenvalue weighted by molar-refractivity contribution is 7.98. The van der Waals surface area contributed by atoms with Crippen LogP contribution in [-0.4, -0.2) is 10.1 Å². The van der Waals surface area contributed by atoms with E-state index in [-0.39, 0.29) is 11.9 Å². The molecule has 0 aliphatic rings. The Balaban J connectivity index is 1.96. The van der Waals surface area contributed by atoms with Crippen molar-refractivity contribution in [3.63, 3.8) is 0 Å². The smallest absolute Gasteiger partial charge is 0.243 e. The van der Waals surface area contributed by atoms with Crippen molar-refractivity contribution in [3.05, 3.63) is 41.8 Å². The molecule has 0 radical (unpaired) electrons. The largest absolute Gasteiger partial charge is 0.338 e. The number of rotatable bonds is 5. The Hall–Kier alpha value is -1.40. The number of benzene rings is 1. The van der Waals surface area contributed by atoms with Gasteiger partial charge in [-0.15, -0.1) is 11.8 Å². The van der Waals surface area contributed by atoms with Gasteiger partial charge in [0.1, 0.15) is 5.82 Å².